The van der Waals surface area contributed by atoms with E-state index in [1.807, 2.05) is 27.7 Å². The predicted molar refractivity (Wildman–Crippen MR) is 68.1 cm³/mol. The maximum Gasteiger partial charge on any atom is 0.307 e. The molecule has 16 heavy (non-hydrogen) atoms. The van der Waals surface area contributed by atoms with Crippen LogP contribution in [-0.2, 0) is 11.2 Å². The third-order valence-electron chi connectivity index (χ3n) is 1.34. The Hall–Kier alpha value is -0.900. The van der Waals surface area contributed by atoms with Crippen LogP contribution < -0.4 is 0 Å². The lowest BCUT2D eigenvalue weighted by atomic mass is 10.1. The van der Waals surface area contributed by atoms with E-state index in [-0.39, 0.29) is 12.2 Å². The third kappa shape index (κ3) is 7.40. The van der Waals surface area contributed by atoms with E-state index >= 15 is 0 Å². The molecule has 2 nitrogen and oxygen atoms in total. The first-order chi connectivity index (χ1) is 7.59. The van der Waals surface area contributed by atoms with Gasteiger partial charge in [-0.15, -0.1) is 0 Å². The zero-order valence-electron chi connectivity index (χ0n) is 10.1. The molecule has 0 aliphatic rings. The maximum absolute atomic E-state index is 12.6. The van der Waals surface area contributed by atoms with E-state index in [1.165, 1.54) is 18.2 Å². The standard InChI is InChI=1S/C8H6BrFO2.2C2H6/c9-6-3-5(4-8(11)12)1-2-7(6)10;2*1-2/h1-3H,4H2,(H,11,12);2*1-2H3. The van der Waals surface area contributed by atoms with Crippen LogP contribution in [0.2, 0.25) is 0 Å². The minimum atomic E-state index is -0.923. The van der Waals surface area contributed by atoms with E-state index in [1.54, 1.807) is 0 Å². The summed E-state index contributed by atoms with van der Waals surface area (Å²) < 4.78 is 12.9. The summed E-state index contributed by atoms with van der Waals surface area (Å²) in [5.41, 5.74) is 0.579. The Labute approximate surface area is 105 Å². The summed E-state index contributed by atoms with van der Waals surface area (Å²) in [6.45, 7) is 8.00. The molecule has 4 heteroatoms. The van der Waals surface area contributed by atoms with Crippen molar-refractivity contribution in [2.75, 3.05) is 0 Å². The quantitative estimate of drug-likeness (QED) is 0.884. The molecule has 0 heterocycles. The number of rotatable bonds is 2. The molecule has 0 bridgehead atoms. The first kappa shape index (κ1) is 17.5. The molecule has 0 amide bonds. The van der Waals surface area contributed by atoms with Crippen molar-refractivity contribution in [2.24, 2.45) is 0 Å². The molecule has 1 aromatic carbocycles. The van der Waals surface area contributed by atoms with Crippen LogP contribution in [0.5, 0.6) is 0 Å². The summed E-state index contributed by atoms with van der Waals surface area (Å²) in [6.07, 6.45) is -0.0844. The molecule has 0 aliphatic heterocycles. The average molecular weight is 293 g/mol. The molecule has 92 valence electrons. The fourth-order valence-electron chi connectivity index (χ4n) is 0.824. The summed E-state index contributed by atoms with van der Waals surface area (Å²) in [4.78, 5) is 10.3. The highest BCUT2D eigenvalue weighted by molar-refractivity contribution is 9.10. The molecule has 0 spiro atoms. The summed E-state index contributed by atoms with van der Waals surface area (Å²) >= 11 is 2.97. The van der Waals surface area contributed by atoms with Crippen LogP contribution in [0.3, 0.4) is 0 Å². The van der Waals surface area contributed by atoms with Gasteiger partial charge in [-0.25, -0.2) is 4.39 Å². The highest BCUT2D eigenvalue weighted by atomic mass is 79.9. The number of aliphatic carboxylic acids is 1. The Bertz CT molecular complexity index is 314. The molecule has 1 aromatic rings. The van der Waals surface area contributed by atoms with Gasteiger partial charge in [-0.2, -0.15) is 0 Å². The monoisotopic (exact) mass is 292 g/mol. The van der Waals surface area contributed by atoms with Crippen molar-refractivity contribution in [3.05, 3.63) is 34.1 Å². The Morgan fingerprint density at radius 2 is 1.81 bits per heavy atom. The summed E-state index contributed by atoms with van der Waals surface area (Å²) in [7, 11) is 0. The molecular formula is C12H18BrFO2. The number of carbonyl (C=O) groups is 1. The molecule has 0 fully saturated rings. The van der Waals surface area contributed by atoms with Crippen LogP contribution in [0.1, 0.15) is 33.3 Å². The van der Waals surface area contributed by atoms with Crippen LogP contribution >= 0.6 is 15.9 Å². The molecular weight excluding hydrogens is 275 g/mol. The fraction of sp³-hybridized carbons (Fsp3) is 0.417. The van der Waals surface area contributed by atoms with Crippen molar-refractivity contribution in [1.29, 1.82) is 0 Å². The smallest absolute Gasteiger partial charge is 0.307 e. The Balaban J connectivity index is 0. The number of carboxylic acid groups (broad SMARTS) is 1. The van der Waals surface area contributed by atoms with Crippen molar-refractivity contribution in [3.8, 4) is 0 Å². The van der Waals surface area contributed by atoms with Gasteiger partial charge in [0.1, 0.15) is 5.82 Å². The number of halogens is 2. The largest absolute Gasteiger partial charge is 0.481 e. The second-order valence-corrected chi connectivity index (χ2v) is 3.17. The number of benzene rings is 1. The van der Waals surface area contributed by atoms with Crippen molar-refractivity contribution in [1.82, 2.24) is 0 Å². The van der Waals surface area contributed by atoms with Crippen molar-refractivity contribution < 1.29 is 14.3 Å². The molecule has 0 aromatic heterocycles. The number of carboxylic acids is 1. The minimum Gasteiger partial charge on any atom is -0.481 e. The fourth-order valence-corrected chi connectivity index (χ4v) is 1.25. The summed E-state index contributed by atoms with van der Waals surface area (Å²) in [5.74, 6) is -1.31. The zero-order valence-corrected chi connectivity index (χ0v) is 11.6. The highest BCUT2D eigenvalue weighted by Crippen LogP contribution is 2.16. The van der Waals surface area contributed by atoms with Crippen molar-refractivity contribution in [2.45, 2.75) is 34.1 Å². The van der Waals surface area contributed by atoms with Gasteiger partial charge < -0.3 is 5.11 Å². The Morgan fingerprint density at radius 3 is 2.19 bits per heavy atom. The molecule has 0 aliphatic carbocycles. The lowest BCUT2D eigenvalue weighted by Crippen LogP contribution is -1.99. The second kappa shape index (κ2) is 10.6. The predicted octanol–water partition coefficient (Wildman–Crippen LogP) is 4.27. The van der Waals surface area contributed by atoms with Gasteiger partial charge >= 0.3 is 5.97 Å². The molecule has 0 radical (unpaired) electrons. The lowest BCUT2D eigenvalue weighted by molar-refractivity contribution is -0.136. The van der Waals surface area contributed by atoms with Gasteiger partial charge in [-0.05, 0) is 33.6 Å². The van der Waals surface area contributed by atoms with E-state index in [4.69, 9.17) is 5.11 Å². The number of hydrogen-bond acceptors (Lipinski definition) is 1. The maximum atomic E-state index is 12.6. The Kier molecular flexibility index (Phi) is 11.6. The first-order valence-corrected chi connectivity index (χ1v) is 6.04. The first-order valence-electron chi connectivity index (χ1n) is 5.25. The molecule has 0 atom stereocenters. The van der Waals surface area contributed by atoms with Gasteiger partial charge in [-0.1, -0.05) is 33.8 Å². The minimum absolute atomic E-state index is 0.0844. The van der Waals surface area contributed by atoms with Crippen molar-refractivity contribution in [3.63, 3.8) is 0 Å². The summed E-state index contributed by atoms with van der Waals surface area (Å²) in [5, 5.41) is 8.42. The average Bonchev–Trinajstić information content (AvgIpc) is 2.28. The molecule has 1 rings (SSSR count). The Morgan fingerprint density at radius 1 is 1.31 bits per heavy atom. The highest BCUT2D eigenvalue weighted by Gasteiger charge is 2.03. The van der Waals surface area contributed by atoms with Crippen LogP contribution in [0.4, 0.5) is 4.39 Å². The van der Waals surface area contributed by atoms with Crippen LogP contribution in [0, 0.1) is 5.82 Å². The summed E-state index contributed by atoms with van der Waals surface area (Å²) in [6, 6.07) is 4.15. The molecule has 0 saturated heterocycles. The van der Waals surface area contributed by atoms with Gasteiger partial charge in [0.25, 0.3) is 0 Å². The van der Waals surface area contributed by atoms with Gasteiger partial charge in [0, 0.05) is 0 Å². The molecule has 1 N–H and O–H groups in total. The van der Waals surface area contributed by atoms with Crippen LogP contribution in [-0.4, -0.2) is 11.1 Å². The van der Waals surface area contributed by atoms with E-state index in [9.17, 15) is 9.18 Å². The van der Waals surface area contributed by atoms with Crippen LogP contribution in [0.15, 0.2) is 22.7 Å². The van der Waals surface area contributed by atoms with Crippen LogP contribution in [0.25, 0.3) is 0 Å². The number of hydrogen-bond donors (Lipinski definition) is 1. The zero-order chi connectivity index (χ0) is 13.1. The second-order valence-electron chi connectivity index (χ2n) is 2.32. The van der Waals surface area contributed by atoms with Gasteiger partial charge in [0.2, 0.25) is 0 Å². The normalized spacial score (nSPS) is 8.12. The lowest BCUT2D eigenvalue weighted by Gasteiger charge is -1.98. The SMILES string of the molecule is CC.CC.O=C(O)Cc1ccc(F)c(Br)c1. The van der Waals surface area contributed by atoms with Gasteiger partial charge in [-0.3, -0.25) is 4.79 Å². The van der Waals surface area contributed by atoms with Gasteiger partial charge in [0.05, 0.1) is 10.9 Å². The van der Waals surface area contributed by atoms with E-state index in [0.29, 0.717) is 10.0 Å². The van der Waals surface area contributed by atoms with Crippen molar-refractivity contribution >= 4 is 21.9 Å². The third-order valence-corrected chi connectivity index (χ3v) is 1.95. The van der Waals surface area contributed by atoms with E-state index < -0.39 is 5.97 Å². The topological polar surface area (TPSA) is 37.3 Å². The molecule has 0 unspecified atom stereocenters. The van der Waals surface area contributed by atoms with E-state index in [2.05, 4.69) is 15.9 Å². The molecule has 0 saturated carbocycles. The van der Waals surface area contributed by atoms with E-state index in [0.717, 1.165) is 0 Å². The van der Waals surface area contributed by atoms with Gasteiger partial charge in [0.15, 0.2) is 0 Å².